The highest BCUT2D eigenvalue weighted by Gasteiger charge is 2.27. The van der Waals surface area contributed by atoms with Gasteiger partial charge in [0.2, 0.25) is 0 Å². The lowest BCUT2D eigenvalue weighted by molar-refractivity contribution is -0.870. The van der Waals surface area contributed by atoms with Crippen molar-refractivity contribution in [2.24, 2.45) is 0 Å². The molecule has 392 valence electrons. The SMILES string of the molecule is CC/C=C\C/C=C\C/C=C\C/C=C\C/C=C\C/C=C\C/C=C\C/C=C\C/C=C\CCCC(=O)OC(COC(=O)CCCCCC/C=C\C/C=C\C/C=C\C/C=C\CC)COP(=O)(O)OCC[N+](C)(C)C. The zero-order chi connectivity index (χ0) is 51.3. The molecule has 0 aliphatic rings. The Hall–Kier alpha value is -4.37. The Morgan fingerprint density at radius 3 is 1.17 bits per heavy atom. The van der Waals surface area contributed by atoms with Crippen molar-refractivity contribution in [1.29, 1.82) is 0 Å². The van der Waals surface area contributed by atoms with Gasteiger partial charge in [-0.1, -0.05) is 185 Å². The van der Waals surface area contributed by atoms with E-state index in [2.05, 4.69) is 166 Å². The number of quaternary nitrogens is 1. The summed E-state index contributed by atoms with van der Waals surface area (Å²) in [6.45, 7) is 4.06. The van der Waals surface area contributed by atoms with Crippen molar-refractivity contribution in [2.45, 2.75) is 161 Å². The number of phosphoric ester groups is 1. The van der Waals surface area contributed by atoms with Crippen molar-refractivity contribution < 1.29 is 42.1 Å². The molecule has 0 saturated carbocycles. The van der Waals surface area contributed by atoms with Crippen molar-refractivity contribution in [3.63, 3.8) is 0 Å². The summed E-state index contributed by atoms with van der Waals surface area (Å²) in [6, 6.07) is 0. The first-order valence-corrected chi connectivity index (χ1v) is 27.7. The van der Waals surface area contributed by atoms with Crippen molar-refractivity contribution in [3.05, 3.63) is 158 Å². The molecule has 70 heavy (non-hydrogen) atoms. The molecule has 0 aliphatic heterocycles. The minimum absolute atomic E-state index is 0.00620. The highest BCUT2D eigenvalue weighted by molar-refractivity contribution is 7.47. The van der Waals surface area contributed by atoms with E-state index in [0.717, 1.165) is 109 Å². The summed E-state index contributed by atoms with van der Waals surface area (Å²) in [5.74, 6) is -0.914. The van der Waals surface area contributed by atoms with Gasteiger partial charge >= 0.3 is 19.8 Å². The van der Waals surface area contributed by atoms with Crippen LogP contribution in [0.3, 0.4) is 0 Å². The molecule has 0 aromatic carbocycles. The second-order valence-electron chi connectivity index (χ2n) is 17.8. The molecule has 0 aliphatic carbocycles. The monoisotopic (exact) mass is 989 g/mol. The molecule has 0 bridgehead atoms. The van der Waals surface area contributed by atoms with Crippen LogP contribution < -0.4 is 0 Å². The lowest BCUT2D eigenvalue weighted by Gasteiger charge is -2.24. The fourth-order valence-corrected chi connectivity index (χ4v) is 6.80. The zero-order valence-electron chi connectivity index (χ0n) is 44.2. The van der Waals surface area contributed by atoms with E-state index in [1.54, 1.807) is 0 Å². The average molecular weight is 989 g/mol. The number of unbranched alkanes of at least 4 members (excludes halogenated alkanes) is 5. The van der Waals surface area contributed by atoms with E-state index in [1.165, 1.54) is 0 Å². The molecule has 1 N–H and O–H groups in total. The minimum atomic E-state index is -4.42. The van der Waals surface area contributed by atoms with Gasteiger partial charge in [-0.3, -0.25) is 18.6 Å². The largest absolute Gasteiger partial charge is 0.472 e. The summed E-state index contributed by atoms with van der Waals surface area (Å²) in [5.41, 5.74) is 0. The predicted molar refractivity (Wildman–Crippen MR) is 297 cm³/mol. The van der Waals surface area contributed by atoms with Crippen molar-refractivity contribution in [1.82, 2.24) is 0 Å². The molecule has 0 saturated heterocycles. The van der Waals surface area contributed by atoms with Crippen LogP contribution in [-0.2, 0) is 32.7 Å². The van der Waals surface area contributed by atoms with Crippen molar-refractivity contribution in [2.75, 3.05) is 47.5 Å². The van der Waals surface area contributed by atoms with Gasteiger partial charge in [0.15, 0.2) is 6.10 Å². The molecule has 0 radical (unpaired) electrons. The Balaban J connectivity index is 4.43. The maximum absolute atomic E-state index is 12.8. The molecule has 0 aromatic rings. The first-order chi connectivity index (χ1) is 34.0. The number of rotatable bonds is 45. The zero-order valence-corrected chi connectivity index (χ0v) is 45.1. The van der Waals surface area contributed by atoms with Crippen LogP contribution in [0.1, 0.15) is 155 Å². The lowest BCUT2D eigenvalue weighted by Crippen LogP contribution is -2.37. The fourth-order valence-electron chi connectivity index (χ4n) is 6.06. The average Bonchev–Trinajstić information content (AvgIpc) is 3.32. The Morgan fingerprint density at radius 1 is 0.443 bits per heavy atom. The topological polar surface area (TPSA) is 108 Å². The molecule has 2 unspecified atom stereocenters. The number of ether oxygens (including phenoxy) is 2. The van der Waals surface area contributed by atoms with E-state index in [9.17, 15) is 19.0 Å². The van der Waals surface area contributed by atoms with Crippen molar-refractivity contribution in [3.8, 4) is 0 Å². The first kappa shape index (κ1) is 65.6. The van der Waals surface area contributed by atoms with Gasteiger partial charge in [0.1, 0.15) is 19.8 Å². The van der Waals surface area contributed by atoms with Crippen LogP contribution in [0.15, 0.2) is 158 Å². The van der Waals surface area contributed by atoms with Crippen LogP contribution in [0.2, 0.25) is 0 Å². The summed E-state index contributed by atoms with van der Waals surface area (Å²) in [4.78, 5) is 35.5. The summed E-state index contributed by atoms with van der Waals surface area (Å²) in [7, 11) is 1.39. The third kappa shape index (κ3) is 53.0. The van der Waals surface area contributed by atoms with E-state index < -0.39 is 32.5 Å². The quantitative estimate of drug-likeness (QED) is 0.0211. The van der Waals surface area contributed by atoms with Gasteiger partial charge in [-0.2, -0.15) is 0 Å². The second-order valence-corrected chi connectivity index (χ2v) is 19.2. The summed E-state index contributed by atoms with van der Waals surface area (Å²) >= 11 is 0. The Morgan fingerprint density at radius 2 is 0.786 bits per heavy atom. The van der Waals surface area contributed by atoms with Gasteiger partial charge in [-0.05, 0) is 116 Å². The lowest BCUT2D eigenvalue weighted by atomic mass is 10.1. The van der Waals surface area contributed by atoms with Gasteiger partial charge in [-0.15, -0.1) is 0 Å². The van der Waals surface area contributed by atoms with Crippen LogP contribution in [0.5, 0.6) is 0 Å². The summed E-state index contributed by atoms with van der Waals surface area (Å²) < 4.78 is 34.3. The number of nitrogens with zero attached hydrogens (tertiary/aromatic N) is 1. The molecule has 0 rings (SSSR count). The van der Waals surface area contributed by atoms with E-state index in [0.29, 0.717) is 30.3 Å². The van der Waals surface area contributed by atoms with Gasteiger partial charge in [0.25, 0.3) is 0 Å². The standard InChI is InChI=1S/C60H94NO8P/c1-6-8-10-12-14-16-18-20-22-24-25-26-27-28-29-30-31-32-33-34-35-37-39-41-43-45-47-49-51-53-60(63)69-58(57-68-70(64,65)67-55-54-61(3,4)5)56-66-59(62)52-50-48-46-44-42-40-38-36-23-21-19-17-15-13-11-9-7-2/h8-11,14-17,20-23,25-26,28-29,31-32,34-35,38-41,45,47,58H,6-7,12-13,18-19,24,27,30,33,36-37,42-44,46,48-57H2,1-5H3/p+1/b10-8-,11-9-,16-14-,17-15-,22-20-,23-21-,26-25-,29-28-,32-31-,35-34-,40-38-,41-39-,47-45-. The van der Waals surface area contributed by atoms with Crippen molar-refractivity contribution >= 4 is 19.8 Å². The maximum atomic E-state index is 12.8. The predicted octanol–water partition coefficient (Wildman–Crippen LogP) is 16.1. The molecule has 0 aromatic heterocycles. The molecule has 2 atom stereocenters. The molecular weight excluding hydrogens is 894 g/mol. The fraction of sp³-hybridized carbons (Fsp3) is 0.533. The van der Waals surface area contributed by atoms with Gasteiger partial charge in [0.05, 0.1) is 27.7 Å². The Bertz CT molecular complexity index is 1730. The third-order valence-electron chi connectivity index (χ3n) is 10.1. The molecule has 9 nitrogen and oxygen atoms in total. The molecule has 0 heterocycles. The number of likely N-dealkylation sites (N-methyl/N-ethyl adjacent to an activating group) is 1. The number of allylic oxidation sites excluding steroid dienone is 26. The number of hydrogen-bond donors (Lipinski definition) is 1. The molecule has 10 heteroatoms. The number of carbonyl (C=O) groups excluding carboxylic acids is 2. The number of carbonyl (C=O) groups is 2. The molecule has 0 amide bonds. The summed E-state index contributed by atoms with van der Waals surface area (Å²) in [6.07, 6.45) is 74.5. The number of phosphoric acid groups is 1. The van der Waals surface area contributed by atoms with E-state index in [-0.39, 0.29) is 26.1 Å². The normalized spacial score (nSPS) is 14.7. The number of esters is 2. The highest BCUT2D eigenvalue weighted by atomic mass is 31.2. The van der Waals surface area contributed by atoms with Crippen LogP contribution in [0, 0.1) is 0 Å². The minimum Gasteiger partial charge on any atom is -0.462 e. The van der Waals surface area contributed by atoms with Crippen LogP contribution in [0.4, 0.5) is 0 Å². The van der Waals surface area contributed by atoms with E-state index in [1.807, 2.05) is 27.2 Å². The third-order valence-corrected chi connectivity index (χ3v) is 11.0. The smallest absolute Gasteiger partial charge is 0.462 e. The highest BCUT2D eigenvalue weighted by Crippen LogP contribution is 2.43. The molecular formula is C60H95NO8P+. The van der Waals surface area contributed by atoms with Gasteiger partial charge in [0, 0.05) is 12.8 Å². The Labute approximate surface area is 426 Å². The second kappa shape index (κ2) is 49.6. The van der Waals surface area contributed by atoms with Gasteiger partial charge in [-0.25, -0.2) is 4.57 Å². The Kier molecular flexibility index (Phi) is 46.5. The number of hydrogen-bond acceptors (Lipinski definition) is 7. The van der Waals surface area contributed by atoms with Crippen LogP contribution in [-0.4, -0.2) is 74.9 Å². The molecule has 0 fully saturated rings. The van der Waals surface area contributed by atoms with Crippen LogP contribution in [0.25, 0.3) is 0 Å². The molecule has 0 spiro atoms. The van der Waals surface area contributed by atoms with E-state index in [4.69, 9.17) is 18.5 Å². The van der Waals surface area contributed by atoms with E-state index >= 15 is 0 Å². The maximum Gasteiger partial charge on any atom is 0.472 e. The van der Waals surface area contributed by atoms with Crippen LogP contribution >= 0.6 is 7.82 Å². The summed E-state index contributed by atoms with van der Waals surface area (Å²) in [5, 5.41) is 0. The first-order valence-electron chi connectivity index (χ1n) is 26.2. The van der Waals surface area contributed by atoms with Gasteiger partial charge < -0.3 is 18.9 Å².